The SMILES string of the molecule is Cn1nnnc1SCC(=O)N1CCC(Oc2ccc(Br)cn2)C1. The van der Waals surface area contributed by atoms with Crippen molar-refractivity contribution in [2.75, 3.05) is 18.8 Å². The molecule has 0 bridgehead atoms. The number of carbonyl (C=O) groups excluding carboxylic acids is 1. The van der Waals surface area contributed by atoms with Crippen LogP contribution in [-0.4, -0.2) is 60.9 Å². The highest BCUT2D eigenvalue weighted by atomic mass is 79.9. The average Bonchev–Trinajstić information content (AvgIpc) is 3.16. The predicted octanol–water partition coefficient (Wildman–Crippen LogP) is 1.14. The molecule has 0 saturated carbocycles. The predicted molar refractivity (Wildman–Crippen MR) is 87.1 cm³/mol. The molecule has 8 nitrogen and oxygen atoms in total. The summed E-state index contributed by atoms with van der Waals surface area (Å²) in [6.45, 7) is 1.27. The van der Waals surface area contributed by atoms with Crippen LogP contribution in [0.3, 0.4) is 0 Å². The van der Waals surface area contributed by atoms with Crippen LogP contribution in [0.25, 0.3) is 0 Å². The van der Waals surface area contributed by atoms with Crippen LogP contribution in [0.5, 0.6) is 5.88 Å². The number of ether oxygens (including phenoxy) is 1. The fraction of sp³-hybridized carbons (Fsp3) is 0.462. The lowest BCUT2D eigenvalue weighted by Gasteiger charge is -2.16. The molecule has 3 heterocycles. The maximum Gasteiger partial charge on any atom is 0.233 e. The molecule has 1 saturated heterocycles. The van der Waals surface area contributed by atoms with Gasteiger partial charge in [-0.25, -0.2) is 9.67 Å². The lowest BCUT2D eigenvalue weighted by atomic mass is 10.3. The molecule has 3 rings (SSSR count). The normalized spacial score (nSPS) is 17.5. The average molecular weight is 399 g/mol. The zero-order chi connectivity index (χ0) is 16.2. The Labute approximate surface area is 145 Å². The molecule has 1 unspecified atom stereocenters. The maximum absolute atomic E-state index is 12.2. The standard InChI is InChI=1S/C13H15BrN6O2S/c1-19-13(16-17-18-19)23-8-12(21)20-5-4-10(7-20)22-11-3-2-9(14)6-15-11/h2-3,6,10H,4-5,7-8H2,1H3. The van der Waals surface area contributed by atoms with Gasteiger partial charge in [0.25, 0.3) is 0 Å². The number of hydrogen-bond donors (Lipinski definition) is 0. The van der Waals surface area contributed by atoms with Crippen molar-refractivity contribution in [3.63, 3.8) is 0 Å². The molecular formula is C13H15BrN6O2S. The van der Waals surface area contributed by atoms with Crippen molar-refractivity contribution in [1.29, 1.82) is 0 Å². The Morgan fingerprint density at radius 3 is 3.09 bits per heavy atom. The Morgan fingerprint density at radius 1 is 1.52 bits per heavy atom. The highest BCUT2D eigenvalue weighted by Gasteiger charge is 2.28. The zero-order valence-electron chi connectivity index (χ0n) is 12.4. The van der Waals surface area contributed by atoms with E-state index in [-0.39, 0.29) is 12.0 Å². The number of carbonyl (C=O) groups is 1. The van der Waals surface area contributed by atoms with Gasteiger partial charge in [0, 0.05) is 36.7 Å². The van der Waals surface area contributed by atoms with E-state index in [4.69, 9.17) is 4.74 Å². The molecule has 2 aromatic heterocycles. The molecule has 2 aromatic rings. The highest BCUT2D eigenvalue weighted by molar-refractivity contribution is 9.10. The summed E-state index contributed by atoms with van der Waals surface area (Å²) < 4.78 is 8.27. The maximum atomic E-state index is 12.2. The second kappa shape index (κ2) is 7.26. The van der Waals surface area contributed by atoms with Gasteiger partial charge in [-0.15, -0.1) is 5.10 Å². The minimum Gasteiger partial charge on any atom is -0.472 e. The van der Waals surface area contributed by atoms with Crippen LogP contribution >= 0.6 is 27.7 Å². The van der Waals surface area contributed by atoms with Gasteiger partial charge in [0.15, 0.2) is 0 Å². The molecule has 0 aliphatic carbocycles. The van der Waals surface area contributed by atoms with Gasteiger partial charge in [0.2, 0.25) is 16.9 Å². The van der Waals surface area contributed by atoms with Crippen molar-refractivity contribution in [2.24, 2.45) is 7.05 Å². The van der Waals surface area contributed by atoms with E-state index in [9.17, 15) is 4.79 Å². The third kappa shape index (κ3) is 4.20. The number of hydrogen-bond acceptors (Lipinski definition) is 7. The molecule has 1 fully saturated rings. The molecule has 1 aliphatic heterocycles. The van der Waals surface area contributed by atoms with Gasteiger partial charge in [-0.3, -0.25) is 4.79 Å². The topological polar surface area (TPSA) is 86.0 Å². The first-order valence-corrected chi connectivity index (χ1v) is 8.81. The van der Waals surface area contributed by atoms with Crippen molar-refractivity contribution >= 4 is 33.6 Å². The van der Waals surface area contributed by atoms with Crippen molar-refractivity contribution in [3.8, 4) is 5.88 Å². The second-order valence-electron chi connectivity index (χ2n) is 5.06. The monoisotopic (exact) mass is 398 g/mol. The first-order chi connectivity index (χ1) is 11.1. The summed E-state index contributed by atoms with van der Waals surface area (Å²) in [5, 5.41) is 11.8. The molecule has 1 aliphatic rings. The van der Waals surface area contributed by atoms with Gasteiger partial charge in [-0.2, -0.15) is 0 Å². The first-order valence-electron chi connectivity index (χ1n) is 7.03. The molecule has 0 radical (unpaired) electrons. The summed E-state index contributed by atoms with van der Waals surface area (Å²) in [4.78, 5) is 18.2. The van der Waals surface area contributed by atoms with Crippen molar-refractivity contribution < 1.29 is 9.53 Å². The summed E-state index contributed by atoms with van der Waals surface area (Å²) >= 11 is 4.67. The summed E-state index contributed by atoms with van der Waals surface area (Å²) in [6.07, 6.45) is 2.48. The minimum atomic E-state index is -0.0193. The highest BCUT2D eigenvalue weighted by Crippen LogP contribution is 2.20. The Kier molecular flexibility index (Phi) is 5.11. The largest absolute Gasteiger partial charge is 0.472 e. The number of aryl methyl sites for hydroxylation is 1. The second-order valence-corrected chi connectivity index (χ2v) is 6.91. The van der Waals surface area contributed by atoms with Crippen LogP contribution < -0.4 is 4.74 Å². The molecule has 10 heteroatoms. The van der Waals surface area contributed by atoms with Crippen molar-refractivity contribution in [1.82, 2.24) is 30.1 Å². The Balaban J connectivity index is 1.48. The number of likely N-dealkylation sites (tertiary alicyclic amines) is 1. The summed E-state index contributed by atoms with van der Waals surface area (Å²) in [6, 6.07) is 3.69. The third-order valence-electron chi connectivity index (χ3n) is 3.39. The van der Waals surface area contributed by atoms with Gasteiger partial charge >= 0.3 is 0 Å². The number of halogens is 1. The molecule has 23 heavy (non-hydrogen) atoms. The quantitative estimate of drug-likeness (QED) is 0.697. The third-order valence-corrected chi connectivity index (χ3v) is 4.86. The number of rotatable bonds is 5. The Hall–Kier alpha value is -1.68. The van der Waals surface area contributed by atoms with Crippen LogP contribution in [0.4, 0.5) is 0 Å². The van der Waals surface area contributed by atoms with Crippen LogP contribution in [-0.2, 0) is 11.8 Å². The number of thioether (sulfide) groups is 1. The van der Waals surface area contributed by atoms with Gasteiger partial charge in [0.1, 0.15) is 6.10 Å². The summed E-state index contributed by atoms with van der Waals surface area (Å²) in [7, 11) is 1.75. The molecular weight excluding hydrogens is 384 g/mol. The van der Waals surface area contributed by atoms with Crippen molar-refractivity contribution in [3.05, 3.63) is 22.8 Å². The van der Waals surface area contributed by atoms with E-state index in [0.29, 0.717) is 29.9 Å². The van der Waals surface area contributed by atoms with Crippen LogP contribution in [0.2, 0.25) is 0 Å². The van der Waals surface area contributed by atoms with Gasteiger partial charge in [-0.1, -0.05) is 11.8 Å². The molecule has 122 valence electrons. The molecule has 1 amide bonds. The minimum absolute atomic E-state index is 0.0193. The summed E-state index contributed by atoms with van der Waals surface area (Å²) in [5.74, 6) is 0.956. The van der Waals surface area contributed by atoms with E-state index < -0.39 is 0 Å². The molecule has 0 spiro atoms. The molecule has 1 atom stereocenters. The number of nitrogens with zero attached hydrogens (tertiary/aromatic N) is 6. The number of tetrazole rings is 1. The number of amides is 1. The van der Waals surface area contributed by atoms with E-state index >= 15 is 0 Å². The fourth-order valence-corrected chi connectivity index (χ4v) is 3.20. The van der Waals surface area contributed by atoms with E-state index in [0.717, 1.165) is 10.9 Å². The Morgan fingerprint density at radius 2 is 2.39 bits per heavy atom. The van der Waals surface area contributed by atoms with Crippen LogP contribution in [0.1, 0.15) is 6.42 Å². The zero-order valence-corrected chi connectivity index (χ0v) is 14.8. The first kappa shape index (κ1) is 16.2. The van der Waals surface area contributed by atoms with Crippen molar-refractivity contribution in [2.45, 2.75) is 17.7 Å². The fourth-order valence-electron chi connectivity index (χ4n) is 2.21. The van der Waals surface area contributed by atoms with E-state index in [1.165, 1.54) is 11.8 Å². The van der Waals surface area contributed by atoms with Gasteiger partial charge in [0.05, 0.1) is 12.3 Å². The molecule has 0 N–H and O–H groups in total. The Bertz CT molecular complexity index is 679. The van der Waals surface area contributed by atoms with E-state index in [1.807, 2.05) is 12.1 Å². The van der Waals surface area contributed by atoms with Crippen LogP contribution in [0.15, 0.2) is 28.0 Å². The van der Waals surface area contributed by atoms with Gasteiger partial charge in [-0.05, 0) is 32.4 Å². The molecule has 0 aromatic carbocycles. The lowest BCUT2D eigenvalue weighted by molar-refractivity contribution is -0.127. The van der Waals surface area contributed by atoms with E-state index in [1.54, 1.807) is 22.8 Å². The lowest BCUT2D eigenvalue weighted by Crippen LogP contribution is -2.32. The van der Waals surface area contributed by atoms with Crippen LogP contribution in [0, 0.1) is 0 Å². The smallest absolute Gasteiger partial charge is 0.233 e. The van der Waals surface area contributed by atoms with Gasteiger partial charge < -0.3 is 9.64 Å². The van der Waals surface area contributed by atoms with E-state index in [2.05, 4.69) is 36.4 Å². The number of aromatic nitrogens is 5. The number of pyridine rings is 1. The summed E-state index contributed by atoms with van der Waals surface area (Å²) in [5.41, 5.74) is 0.